The zero-order valence-corrected chi connectivity index (χ0v) is 10.8. The van der Waals surface area contributed by atoms with E-state index >= 15 is 0 Å². The van der Waals surface area contributed by atoms with E-state index < -0.39 is 24.5 Å². The fourth-order valence-electron chi connectivity index (χ4n) is 1.64. The summed E-state index contributed by atoms with van der Waals surface area (Å²) < 4.78 is 28.7. The molecule has 0 heterocycles. The zero-order valence-electron chi connectivity index (χ0n) is 10.8. The summed E-state index contributed by atoms with van der Waals surface area (Å²) in [6, 6.07) is 4.36. The zero-order chi connectivity index (χ0) is 15.1. The number of benzene rings is 1. The van der Waals surface area contributed by atoms with Crippen molar-refractivity contribution in [2.75, 3.05) is 0 Å². The summed E-state index contributed by atoms with van der Waals surface area (Å²) in [6.45, 7) is -1.29. The highest BCUT2D eigenvalue weighted by molar-refractivity contribution is 5.98. The Morgan fingerprint density at radius 1 is 1.35 bits per heavy atom. The normalized spacial score (nSPS) is 12.0. The standard InChI is InChI=1S/C13H15F2NO4/c1-2-5-9(12(18)19)16-11(17)8-6-3-4-7-10(8)20-13(14)15/h3-4,6-7,9,13H,2,5H2,1H3,(H,16,17)(H,18,19)/t9-/m0/s1. The van der Waals surface area contributed by atoms with Gasteiger partial charge in [0.25, 0.3) is 5.91 Å². The average Bonchev–Trinajstić information content (AvgIpc) is 2.37. The third kappa shape index (κ3) is 4.49. The van der Waals surface area contributed by atoms with Crippen LogP contribution >= 0.6 is 0 Å². The predicted molar refractivity (Wildman–Crippen MR) is 66.9 cm³/mol. The Kier molecular flexibility index (Phi) is 5.89. The topological polar surface area (TPSA) is 75.6 Å². The van der Waals surface area contributed by atoms with Gasteiger partial charge in [-0.15, -0.1) is 0 Å². The second kappa shape index (κ2) is 7.42. The molecule has 2 N–H and O–H groups in total. The van der Waals surface area contributed by atoms with Crippen LogP contribution in [-0.4, -0.2) is 29.6 Å². The first-order valence-electron chi connectivity index (χ1n) is 6.03. The van der Waals surface area contributed by atoms with E-state index in [-0.39, 0.29) is 17.7 Å². The van der Waals surface area contributed by atoms with Crippen LogP contribution in [0.4, 0.5) is 8.78 Å². The highest BCUT2D eigenvalue weighted by atomic mass is 19.3. The molecule has 0 spiro atoms. The number of carboxylic acid groups (broad SMARTS) is 1. The number of ether oxygens (including phenoxy) is 1. The Balaban J connectivity index is 2.88. The number of amides is 1. The highest BCUT2D eigenvalue weighted by Gasteiger charge is 2.22. The molecule has 0 aliphatic rings. The lowest BCUT2D eigenvalue weighted by Crippen LogP contribution is -2.40. The molecular weight excluding hydrogens is 272 g/mol. The van der Waals surface area contributed by atoms with Crippen molar-refractivity contribution in [1.82, 2.24) is 5.32 Å². The van der Waals surface area contributed by atoms with Crippen LogP contribution in [0.2, 0.25) is 0 Å². The van der Waals surface area contributed by atoms with Crippen LogP contribution in [-0.2, 0) is 4.79 Å². The molecular formula is C13H15F2NO4. The third-order valence-electron chi connectivity index (χ3n) is 2.53. The molecule has 1 aromatic rings. The van der Waals surface area contributed by atoms with Crippen LogP contribution in [0.15, 0.2) is 24.3 Å². The average molecular weight is 287 g/mol. The van der Waals surface area contributed by atoms with Gasteiger partial charge in [0, 0.05) is 0 Å². The first kappa shape index (κ1) is 15.9. The molecule has 0 saturated heterocycles. The molecule has 5 nitrogen and oxygen atoms in total. The molecule has 1 rings (SSSR count). The number of nitrogens with one attached hydrogen (secondary N) is 1. The maximum absolute atomic E-state index is 12.2. The summed E-state index contributed by atoms with van der Waals surface area (Å²) in [4.78, 5) is 22.9. The van der Waals surface area contributed by atoms with Gasteiger partial charge >= 0.3 is 12.6 Å². The molecule has 20 heavy (non-hydrogen) atoms. The maximum atomic E-state index is 12.2. The number of hydrogen-bond donors (Lipinski definition) is 2. The Labute approximate surface area is 114 Å². The number of carbonyl (C=O) groups excluding carboxylic acids is 1. The summed E-state index contributed by atoms with van der Waals surface area (Å²) in [5, 5.41) is 11.2. The number of halogens is 2. The van der Waals surface area contributed by atoms with Crippen molar-refractivity contribution in [1.29, 1.82) is 0 Å². The smallest absolute Gasteiger partial charge is 0.387 e. The summed E-state index contributed by atoms with van der Waals surface area (Å²) >= 11 is 0. The Bertz CT molecular complexity index is 479. The number of rotatable bonds is 7. The van der Waals surface area contributed by atoms with Gasteiger partial charge in [0.15, 0.2) is 0 Å². The molecule has 1 atom stereocenters. The third-order valence-corrected chi connectivity index (χ3v) is 2.53. The van der Waals surface area contributed by atoms with Crippen molar-refractivity contribution in [3.8, 4) is 5.75 Å². The second-order valence-corrected chi connectivity index (χ2v) is 4.03. The van der Waals surface area contributed by atoms with Gasteiger partial charge < -0.3 is 15.2 Å². The minimum Gasteiger partial charge on any atom is -0.480 e. The van der Waals surface area contributed by atoms with Crippen LogP contribution < -0.4 is 10.1 Å². The van der Waals surface area contributed by atoms with E-state index in [9.17, 15) is 18.4 Å². The molecule has 0 bridgehead atoms. The summed E-state index contributed by atoms with van der Waals surface area (Å²) in [5.41, 5.74) is -0.129. The molecule has 7 heteroatoms. The molecule has 0 radical (unpaired) electrons. The van der Waals surface area contributed by atoms with Crippen molar-refractivity contribution in [2.45, 2.75) is 32.4 Å². The van der Waals surface area contributed by atoms with Gasteiger partial charge in [-0.05, 0) is 18.6 Å². The largest absolute Gasteiger partial charge is 0.480 e. The van der Waals surface area contributed by atoms with E-state index in [0.717, 1.165) is 0 Å². The molecule has 1 aromatic carbocycles. The summed E-state index contributed by atoms with van der Waals surface area (Å²) in [6.07, 6.45) is 0.811. The first-order chi connectivity index (χ1) is 9.45. The van der Waals surface area contributed by atoms with Gasteiger partial charge in [-0.1, -0.05) is 25.5 Å². The first-order valence-corrected chi connectivity index (χ1v) is 6.03. The van der Waals surface area contributed by atoms with Gasteiger partial charge in [-0.2, -0.15) is 8.78 Å². The fraction of sp³-hybridized carbons (Fsp3) is 0.385. The molecule has 0 saturated carbocycles. The number of alkyl halides is 2. The van der Waals surface area contributed by atoms with Gasteiger partial charge in [0.1, 0.15) is 11.8 Å². The van der Waals surface area contributed by atoms with E-state index in [2.05, 4.69) is 10.1 Å². The summed E-state index contributed by atoms with van der Waals surface area (Å²) in [7, 11) is 0. The van der Waals surface area contributed by atoms with E-state index in [1.165, 1.54) is 24.3 Å². The molecule has 0 aromatic heterocycles. The molecule has 0 unspecified atom stereocenters. The highest BCUT2D eigenvalue weighted by Crippen LogP contribution is 2.20. The number of aliphatic carboxylic acids is 1. The Morgan fingerprint density at radius 3 is 2.55 bits per heavy atom. The van der Waals surface area contributed by atoms with Crippen LogP contribution in [0.25, 0.3) is 0 Å². The monoisotopic (exact) mass is 287 g/mol. The number of carbonyl (C=O) groups is 2. The quantitative estimate of drug-likeness (QED) is 0.806. The van der Waals surface area contributed by atoms with E-state index in [4.69, 9.17) is 5.11 Å². The molecule has 1 amide bonds. The Morgan fingerprint density at radius 2 is 2.00 bits per heavy atom. The van der Waals surface area contributed by atoms with Crippen molar-refractivity contribution in [3.05, 3.63) is 29.8 Å². The second-order valence-electron chi connectivity index (χ2n) is 4.03. The number of para-hydroxylation sites is 1. The fourth-order valence-corrected chi connectivity index (χ4v) is 1.64. The Hall–Kier alpha value is -2.18. The lowest BCUT2D eigenvalue weighted by molar-refractivity contribution is -0.139. The summed E-state index contributed by atoms with van der Waals surface area (Å²) in [5.74, 6) is -2.23. The van der Waals surface area contributed by atoms with Crippen LogP contribution in [0, 0.1) is 0 Å². The van der Waals surface area contributed by atoms with E-state index in [1.54, 1.807) is 6.92 Å². The molecule has 0 aliphatic heterocycles. The molecule has 0 fully saturated rings. The van der Waals surface area contributed by atoms with Gasteiger partial charge in [0.05, 0.1) is 5.56 Å². The predicted octanol–water partition coefficient (Wildman–Crippen LogP) is 2.27. The van der Waals surface area contributed by atoms with Gasteiger partial charge in [-0.3, -0.25) is 4.79 Å². The SMILES string of the molecule is CCC[C@H](NC(=O)c1ccccc1OC(F)F)C(=O)O. The minimum atomic E-state index is -3.06. The van der Waals surface area contributed by atoms with Crippen LogP contribution in [0.3, 0.4) is 0 Å². The van der Waals surface area contributed by atoms with Gasteiger partial charge in [0.2, 0.25) is 0 Å². The van der Waals surface area contributed by atoms with E-state index in [0.29, 0.717) is 6.42 Å². The van der Waals surface area contributed by atoms with E-state index in [1.807, 2.05) is 0 Å². The molecule has 0 aliphatic carbocycles. The van der Waals surface area contributed by atoms with Crippen molar-refractivity contribution < 1.29 is 28.2 Å². The van der Waals surface area contributed by atoms with Crippen LogP contribution in [0.1, 0.15) is 30.1 Å². The van der Waals surface area contributed by atoms with Crippen molar-refractivity contribution in [3.63, 3.8) is 0 Å². The molecule has 110 valence electrons. The lowest BCUT2D eigenvalue weighted by atomic mass is 10.1. The van der Waals surface area contributed by atoms with Crippen LogP contribution in [0.5, 0.6) is 5.75 Å². The number of carboxylic acids is 1. The van der Waals surface area contributed by atoms with Crippen molar-refractivity contribution >= 4 is 11.9 Å². The number of hydrogen-bond acceptors (Lipinski definition) is 3. The lowest BCUT2D eigenvalue weighted by Gasteiger charge is -2.15. The maximum Gasteiger partial charge on any atom is 0.387 e. The van der Waals surface area contributed by atoms with Gasteiger partial charge in [-0.25, -0.2) is 4.79 Å². The minimum absolute atomic E-state index is 0.129. The van der Waals surface area contributed by atoms with Crippen molar-refractivity contribution in [2.24, 2.45) is 0 Å².